The molecule has 1 saturated carbocycles. The molecule has 1 aliphatic carbocycles. The van der Waals surface area contributed by atoms with E-state index in [0.29, 0.717) is 11.5 Å². The van der Waals surface area contributed by atoms with Crippen LogP contribution >= 0.6 is 0 Å². The lowest BCUT2D eigenvalue weighted by Crippen LogP contribution is -2.10. The average Bonchev–Trinajstić information content (AvgIpc) is 2.00. The van der Waals surface area contributed by atoms with Crippen molar-refractivity contribution in [2.45, 2.75) is 32.1 Å². The summed E-state index contributed by atoms with van der Waals surface area (Å²) < 4.78 is 0. The second-order valence-corrected chi connectivity index (χ2v) is 4.01. The van der Waals surface area contributed by atoms with Gasteiger partial charge >= 0.3 is 5.97 Å². The van der Waals surface area contributed by atoms with E-state index >= 15 is 0 Å². The topological polar surface area (TPSA) is 37.3 Å². The zero-order chi connectivity index (χ0) is 10.1. The molecular weight excluding hydrogens is 176 g/mol. The molecule has 0 bridgehead atoms. The average molecular weight is 190 g/mol. The van der Waals surface area contributed by atoms with Crippen molar-refractivity contribution in [3.8, 4) is 0 Å². The number of aryl methyl sites for hydroxylation is 1. The van der Waals surface area contributed by atoms with Crippen molar-refractivity contribution < 1.29 is 9.90 Å². The van der Waals surface area contributed by atoms with Gasteiger partial charge in [-0.05, 0) is 42.9 Å². The van der Waals surface area contributed by atoms with Gasteiger partial charge in [-0.1, -0.05) is 18.6 Å². The zero-order valence-corrected chi connectivity index (χ0v) is 8.29. The molecule has 1 fully saturated rings. The minimum atomic E-state index is -0.831. The summed E-state index contributed by atoms with van der Waals surface area (Å²) in [6, 6.07) is 5.71. The molecule has 14 heavy (non-hydrogen) atoms. The quantitative estimate of drug-likeness (QED) is 0.778. The molecule has 2 heteroatoms. The second-order valence-electron chi connectivity index (χ2n) is 4.01. The van der Waals surface area contributed by atoms with Crippen molar-refractivity contribution in [3.05, 3.63) is 34.9 Å². The smallest absolute Gasteiger partial charge is 0.335 e. The number of carbonyl (C=O) groups is 1. The number of carboxylic acid groups (broad SMARTS) is 1. The van der Waals surface area contributed by atoms with Crippen LogP contribution in [0.4, 0.5) is 0 Å². The number of rotatable bonds is 2. The molecule has 2 nitrogen and oxygen atoms in total. The summed E-state index contributed by atoms with van der Waals surface area (Å²) >= 11 is 0. The van der Waals surface area contributed by atoms with Gasteiger partial charge in [0.05, 0.1) is 5.56 Å². The van der Waals surface area contributed by atoms with Gasteiger partial charge in [0.25, 0.3) is 0 Å². The molecule has 2 rings (SSSR count). The Hall–Kier alpha value is -1.31. The van der Waals surface area contributed by atoms with Crippen molar-refractivity contribution in [1.82, 2.24) is 0 Å². The first kappa shape index (κ1) is 9.25. The Labute approximate surface area is 83.6 Å². The highest BCUT2D eigenvalue weighted by Gasteiger charge is 2.20. The van der Waals surface area contributed by atoms with Gasteiger partial charge in [0.1, 0.15) is 0 Å². The van der Waals surface area contributed by atoms with Crippen LogP contribution in [0.15, 0.2) is 18.2 Å². The van der Waals surface area contributed by atoms with E-state index in [1.807, 2.05) is 19.1 Å². The minimum Gasteiger partial charge on any atom is -0.478 e. The molecule has 1 aromatic rings. The van der Waals surface area contributed by atoms with Crippen LogP contribution in [0.25, 0.3) is 0 Å². The molecule has 0 radical (unpaired) electrons. The summed E-state index contributed by atoms with van der Waals surface area (Å²) in [5.41, 5.74) is 2.61. The Morgan fingerprint density at radius 3 is 2.57 bits per heavy atom. The Bertz CT molecular complexity index is 365. The first-order valence-corrected chi connectivity index (χ1v) is 5.02. The first-order chi connectivity index (χ1) is 6.68. The van der Waals surface area contributed by atoms with E-state index in [1.54, 1.807) is 6.07 Å². The molecule has 1 aliphatic rings. The Morgan fingerprint density at radius 1 is 1.43 bits per heavy atom. The Balaban J connectivity index is 2.30. The van der Waals surface area contributed by atoms with Crippen LogP contribution in [0.3, 0.4) is 0 Å². The van der Waals surface area contributed by atoms with Crippen LogP contribution in [-0.2, 0) is 0 Å². The normalized spacial score (nSPS) is 16.4. The first-order valence-electron chi connectivity index (χ1n) is 5.02. The maximum Gasteiger partial charge on any atom is 0.335 e. The zero-order valence-electron chi connectivity index (χ0n) is 8.29. The molecule has 0 aromatic heterocycles. The SMILES string of the molecule is Cc1cc(C2CCC2)ccc1C(=O)O. The number of hydrogen-bond donors (Lipinski definition) is 1. The fourth-order valence-electron chi connectivity index (χ4n) is 1.92. The predicted octanol–water partition coefficient (Wildman–Crippen LogP) is 2.96. The van der Waals surface area contributed by atoms with Gasteiger partial charge in [-0.2, -0.15) is 0 Å². The third-order valence-corrected chi connectivity index (χ3v) is 3.06. The molecule has 0 atom stereocenters. The fraction of sp³-hybridized carbons (Fsp3) is 0.417. The highest BCUT2D eigenvalue weighted by atomic mass is 16.4. The van der Waals surface area contributed by atoms with Gasteiger partial charge in [-0.3, -0.25) is 0 Å². The largest absolute Gasteiger partial charge is 0.478 e. The maximum absolute atomic E-state index is 10.8. The van der Waals surface area contributed by atoms with Crippen molar-refractivity contribution in [3.63, 3.8) is 0 Å². The summed E-state index contributed by atoms with van der Waals surface area (Å²) in [6.45, 7) is 1.87. The van der Waals surface area contributed by atoms with Gasteiger partial charge in [-0.25, -0.2) is 4.79 Å². The standard InChI is InChI=1S/C12H14O2/c1-8-7-10(9-3-2-4-9)5-6-11(8)12(13)14/h5-7,9H,2-4H2,1H3,(H,13,14). The van der Waals surface area contributed by atoms with Gasteiger partial charge < -0.3 is 5.11 Å². The lowest BCUT2D eigenvalue weighted by molar-refractivity contribution is 0.0696. The van der Waals surface area contributed by atoms with E-state index in [1.165, 1.54) is 24.8 Å². The van der Waals surface area contributed by atoms with E-state index in [-0.39, 0.29) is 0 Å². The molecular formula is C12H14O2. The molecule has 1 N–H and O–H groups in total. The van der Waals surface area contributed by atoms with Crippen LogP contribution in [-0.4, -0.2) is 11.1 Å². The lowest BCUT2D eigenvalue weighted by atomic mass is 9.79. The molecule has 0 unspecified atom stereocenters. The number of carboxylic acids is 1. The molecule has 74 valence electrons. The number of hydrogen-bond acceptors (Lipinski definition) is 1. The van der Waals surface area contributed by atoms with Crippen LogP contribution in [0.2, 0.25) is 0 Å². The fourth-order valence-corrected chi connectivity index (χ4v) is 1.92. The highest BCUT2D eigenvalue weighted by molar-refractivity contribution is 5.89. The monoisotopic (exact) mass is 190 g/mol. The Morgan fingerprint density at radius 2 is 2.14 bits per heavy atom. The third-order valence-electron chi connectivity index (χ3n) is 3.06. The summed E-state index contributed by atoms with van der Waals surface area (Å²) in [6.07, 6.45) is 3.82. The van der Waals surface area contributed by atoms with Crippen molar-refractivity contribution in [1.29, 1.82) is 0 Å². The van der Waals surface area contributed by atoms with Crippen LogP contribution in [0, 0.1) is 6.92 Å². The van der Waals surface area contributed by atoms with Crippen LogP contribution < -0.4 is 0 Å². The summed E-state index contributed by atoms with van der Waals surface area (Å²) in [7, 11) is 0. The molecule has 0 heterocycles. The highest BCUT2D eigenvalue weighted by Crippen LogP contribution is 2.36. The van der Waals surface area contributed by atoms with Gasteiger partial charge in [0, 0.05) is 0 Å². The summed E-state index contributed by atoms with van der Waals surface area (Å²) in [4.78, 5) is 10.8. The number of benzene rings is 1. The molecule has 1 aromatic carbocycles. The second kappa shape index (κ2) is 3.45. The predicted molar refractivity (Wildman–Crippen MR) is 54.7 cm³/mol. The van der Waals surface area contributed by atoms with Gasteiger partial charge in [-0.15, -0.1) is 0 Å². The Kier molecular flexibility index (Phi) is 2.28. The van der Waals surface area contributed by atoms with E-state index in [9.17, 15) is 4.79 Å². The van der Waals surface area contributed by atoms with E-state index in [2.05, 4.69) is 0 Å². The third kappa shape index (κ3) is 1.52. The van der Waals surface area contributed by atoms with Crippen molar-refractivity contribution in [2.75, 3.05) is 0 Å². The van der Waals surface area contributed by atoms with Crippen LogP contribution in [0.5, 0.6) is 0 Å². The van der Waals surface area contributed by atoms with Gasteiger partial charge in [0.15, 0.2) is 0 Å². The molecule has 0 spiro atoms. The molecule has 0 aliphatic heterocycles. The van der Waals surface area contributed by atoms with E-state index in [4.69, 9.17) is 5.11 Å². The van der Waals surface area contributed by atoms with E-state index in [0.717, 1.165) is 5.56 Å². The summed E-state index contributed by atoms with van der Waals surface area (Å²) in [5, 5.41) is 8.87. The van der Waals surface area contributed by atoms with Crippen molar-refractivity contribution in [2.24, 2.45) is 0 Å². The van der Waals surface area contributed by atoms with E-state index < -0.39 is 5.97 Å². The maximum atomic E-state index is 10.8. The molecule has 0 saturated heterocycles. The van der Waals surface area contributed by atoms with Crippen LogP contribution in [0.1, 0.15) is 46.7 Å². The van der Waals surface area contributed by atoms with Gasteiger partial charge in [0.2, 0.25) is 0 Å². The number of aromatic carboxylic acids is 1. The molecule has 0 amide bonds. The summed E-state index contributed by atoms with van der Waals surface area (Å²) in [5.74, 6) is -0.154. The lowest BCUT2D eigenvalue weighted by Gasteiger charge is -2.26. The minimum absolute atomic E-state index is 0.424. The van der Waals surface area contributed by atoms with Crippen molar-refractivity contribution >= 4 is 5.97 Å².